The predicted molar refractivity (Wildman–Crippen MR) is 120 cm³/mol. The number of hydrogen-bond donors (Lipinski definition) is 2. The zero-order valence-corrected chi connectivity index (χ0v) is 20.0. The normalized spacial score (nSPS) is 16.8. The van der Waals surface area contributed by atoms with Gasteiger partial charge in [-0.05, 0) is 37.8 Å². The van der Waals surface area contributed by atoms with Gasteiger partial charge in [0.2, 0.25) is 0 Å². The monoisotopic (exact) mass is 575 g/mol. The van der Waals surface area contributed by atoms with Crippen LogP contribution in [0.3, 0.4) is 0 Å². The van der Waals surface area contributed by atoms with Crippen LogP contribution in [0.1, 0.15) is 25.6 Å². The molecule has 0 amide bonds. The van der Waals surface area contributed by atoms with Gasteiger partial charge in [0.15, 0.2) is 17.4 Å². The highest BCUT2D eigenvalue weighted by Gasteiger charge is 2.50. The molecule has 2 N–H and O–H groups in total. The summed E-state index contributed by atoms with van der Waals surface area (Å²) in [4.78, 5) is 4.49. The Morgan fingerprint density at radius 1 is 1.23 bits per heavy atom. The number of rotatable bonds is 6. The number of pyridine rings is 1. The topological polar surface area (TPSA) is 104 Å². The van der Waals surface area contributed by atoms with Crippen LogP contribution in [-0.4, -0.2) is 65.0 Å². The molecule has 0 bridgehead atoms. The van der Waals surface area contributed by atoms with Crippen molar-refractivity contribution in [2.45, 2.75) is 31.8 Å². The van der Waals surface area contributed by atoms with E-state index in [-0.39, 0.29) is 43.0 Å². The summed E-state index contributed by atoms with van der Waals surface area (Å²) >= 11 is 0. The van der Waals surface area contributed by atoms with E-state index in [1.807, 2.05) is 35.7 Å². The molecular formula is C17H25F3IN7O2S. The summed E-state index contributed by atoms with van der Waals surface area (Å²) in [7, 11) is -5.25. The SMILES string of the molecule is CCNC(=NCc1nnc2ccccn12)NCC1CCN(S(=O)(=O)C(F)(F)F)CC1.I. The van der Waals surface area contributed by atoms with Crippen LogP contribution < -0.4 is 10.6 Å². The fraction of sp³-hybridized carbons (Fsp3) is 0.588. The second kappa shape index (κ2) is 10.8. The summed E-state index contributed by atoms with van der Waals surface area (Å²) in [6.45, 7) is 3.04. The Morgan fingerprint density at radius 3 is 2.58 bits per heavy atom. The van der Waals surface area contributed by atoms with Gasteiger partial charge >= 0.3 is 15.5 Å². The third-order valence-electron chi connectivity index (χ3n) is 4.87. The standard InChI is InChI=1S/C17H24F3N7O2S.HI/c1-2-21-16(23-12-15-25-24-14-5-3-4-8-27(14)15)22-11-13-6-9-26(10-7-13)30(28,29)17(18,19)20;/h3-5,8,13H,2,6-7,9-12H2,1H3,(H2,21,22,23);1H. The van der Waals surface area contributed by atoms with Gasteiger partial charge in [0, 0.05) is 32.4 Å². The average molecular weight is 575 g/mol. The van der Waals surface area contributed by atoms with Crippen LogP contribution in [0.25, 0.3) is 5.65 Å². The number of alkyl halides is 3. The highest BCUT2D eigenvalue weighted by molar-refractivity contribution is 14.0. The van der Waals surface area contributed by atoms with Crippen molar-refractivity contribution in [1.29, 1.82) is 0 Å². The first-order valence-corrected chi connectivity index (χ1v) is 11.0. The van der Waals surface area contributed by atoms with Crippen molar-refractivity contribution in [3.63, 3.8) is 0 Å². The lowest BCUT2D eigenvalue weighted by molar-refractivity contribution is -0.0496. The predicted octanol–water partition coefficient (Wildman–Crippen LogP) is 1.96. The van der Waals surface area contributed by atoms with Crippen molar-refractivity contribution < 1.29 is 21.6 Å². The zero-order chi connectivity index (χ0) is 21.8. The molecule has 0 aromatic carbocycles. The van der Waals surface area contributed by atoms with E-state index in [2.05, 4.69) is 25.8 Å². The van der Waals surface area contributed by atoms with E-state index in [1.165, 1.54) is 0 Å². The summed E-state index contributed by atoms with van der Waals surface area (Å²) in [5, 5.41) is 14.5. The summed E-state index contributed by atoms with van der Waals surface area (Å²) in [5.74, 6) is 1.27. The van der Waals surface area contributed by atoms with Crippen molar-refractivity contribution in [2.75, 3.05) is 26.2 Å². The lowest BCUT2D eigenvalue weighted by Gasteiger charge is -2.31. The van der Waals surface area contributed by atoms with E-state index in [0.29, 0.717) is 48.6 Å². The Labute approximate surface area is 195 Å². The second-order valence-electron chi connectivity index (χ2n) is 6.91. The minimum Gasteiger partial charge on any atom is -0.357 e. The Hall–Kier alpha value is -1.68. The molecule has 1 aliphatic rings. The molecule has 0 spiro atoms. The van der Waals surface area contributed by atoms with Crippen molar-refractivity contribution in [1.82, 2.24) is 29.5 Å². The highest BCUT2D eigenvalue weighted by atomic mass is 127. The molecule has 0 radical (unpaired) electrons. The van der Waals surface area contributed by atoms with Crippen molar-refractivity contribution >= 4 is 45.6 Å². The number of halogens is 4. The number of nitrogens with one attached hydrogen (secondary N) is 2. The van der Waals surface area contributed by atoms with Gasteiger partial charge in [0.25, 0.3) is 0 Å². The number of piperidine rings is 1. The number of hydrogen-bond acceptors (Lipinski definition) is 5. The summed E-state index contributed by atoms with van der Waals surface area (Å²) < 4.78 is 63.4. The van der Waals surface area contributed by atoms with E-state index in [4.69, 9.17) is 0 Å². The molecule has 0 saturated carbocycles. The number of fused-ring (bicyclic) bond motifs is 1. The van der Waals surface area contributed by atoms with Gasteiger partial charge in [-0.2, -0.15) is 17.5 Å². The average Bonchev–Trinajstić information content (AvgIpc) is 3.13. The van der Waals surface area contributed by atoms with Crippen LogP contribution in [0, 0.1) is 5.92 Å². The zero-order valence-electron chi connectivity index (χ0n) is 16.8. The largest absolute Gasteiger partial charge is 0.511 e. The molecule has 1 fully saturated rings. The summed E-state index contributed by atoms with van der Waals surface area (Å²) in [5.41, 5.74) is -4.53. The molecule has 3 rings (SSSR count). The number of sulfonamides is 1. The maximum Gasteiger partial charge on any atom is 0.511 e. The van der Waals surface area contributed by atoms with Crippen LogP contribution in [0.15, 0.2) is 29.4 Å². The van der Waals surface area contributed by atoms with Crippen LogP contribution in [-0.2, 0) is 16.6 Å². The molecule has 2 aromatic rings. The van der Waals surface area contributed by atoms with Gasteiger partial charge in [-0.15, -0.1) is 34.2 Å². The van der Waals surface area contributed by atoms with Crippen LogP contribution >= 0.6 is 24.0 Å². The molecule has 3 heterocycles. The molecule has 0 aliphatic carbocycles. The van der Waals surface area contributed by atoms with E-state index in [0.717, 1.165) is 5.65 Å². The van der Waals surface area contributed by atoms with Gasteiger partial charge in [-0.1, -0.05) is 6.07 Å². The first kappa shape index (κ1) is 25.6. The Bertz CT molecular complexity index is 989. The molecule has 0 atom stereocenters. The summed E-state index contributed by atoms with van der Waals surface area (Å²) in [6.07, 6.45) is 2.54. The van der Waals surface area contributed by atoms with E-state index < -0.39 is 15.5 Å². The number of aromatic nitrogens is 3. The minimum atomic E-state index is -5.26. The van der Waals surface area contributed by atoms with Gasteiger partial charge in [0.1, 0.15) is 6.54 Å². The second-order valence-corrected chi connectivity index (χ2v) is 8.84. The lowest BCUT2D eigenvalue weighted by Crippen LogP contribution is -2.47. The molecule has 0 unspecified atom stereocenters. The molecule has 1 aliphatic heterocycles. The number of aliphatic imine (C=N–C) groups is 1. The van der Waals surface area contributed by atoms with Gasteiger partial charge in [0.05, 0.1) is 0 Å². The van der Waals surface area contributed by atoms with E-state index in [1.54, 1.807) is 0 Å². The minimum absolute atomic E-state index is 0. The fourth-order valence-corrected chi connectivity index (χ4v) is 4.22. The quantitative estimate of drug-likeness (QED) is 0.310. The molecular weight excluding hydrogens is 550 g/mol. The van der Waals surface area contributed by atoms with E-state index >= 15 is 0 Å². The van der Waals surface area contributed by atoms with Gasteiger partial charge in [-0.3, -0.25) is 4.40 Å². The van der Waals surface area contributed by atoms with Crippen LogP contribution in [0.5, 0.6) is 0 Å². The maximum atomic E-state index is 12.7. The number of nitrogens with zero attached hydrogens (tertiary/aromatic N) is 5. The number of guanidine groups is 1. The smallest absolute Gasteiger partial charge is 0.357 e. The molecule has 1 saturated heterocycles. The highest BCUT2D eigenvalue weighted by Crippen LogP contribution is 2.30. The van der Waals surface area contributed by atoms with Crippen molar-refractivity contribution in [3.8, 4) is 0 Å². The Balaban J connectivity index is 0.00000341. The van der Waals surface area contributed by atoms with Gasteiger partial charge < -0.3 is 10.6 Å². The molecule has 174 valence electrons. The van der Waals surface area contributed by atoms with Crippen molar-refractivity contribution in [2.24, 2.45) is 10.9 Å². The van der Waals surface area contributed by atoms with Crippen LogP contribution in [0.2, 0.25) is 0 Å². The third kappa shape index (κ3) is 6.19. The van der Waals surface area contributed by atoms with E-state index in [9.17, 15) is 21.6 Å². The van der Waals surface area contributed by atoms with Gasteiger partial charge in [-0.25, -0.2) is 13.4 Å². The fourth-order valence-electron chi connectivity index (χ4n) is 3.23. The lowest BCUT2D eigenvalue weighted by atomic mass is 9.98. The Morgan fingerprint density at radius 2 is 1.94 bits per heavy atom. The molecule has 9 nitrogen and oxygen atoms in total. The summed E-state index contributed by atoms with van der Waals surface area (Å²) in [6, 6.07) is 5.58. The molecule has 31 heavy (non-hydrogen) atoms. The third-order valence-corrected chi connectivity index (χ3v) is 6.50. The van der Waals surface area contributed by atoms with Crippen LogP contribution in [0.4, 0.5) is 13.2 Å². The maximum absolute atomic E-state index is 12.7. The molecule has 2 aromatic heterocycles. The first-order chi connectivity index (χ1) is 14.2. The van der Waals surface area contributed by atoms with Crippen molar-refractivity contribution in [3.05, 3.63) is 30.2 Å². The Kier molecular flexibility index (Phi) is 8.88. The molecule has 14 heteroatoms. The first-order valence-electron chi connectivity index (χ1n) is 9.59.